The van der Waals surface area contributed by atoms with Crippen LogP contribution < -0.4 is 0 Å². The van der Waals surface area contributed by atoms with Crippen LogP contribution in [0.2, 0.25) is 0 Å². The average molecular weight is 224 g/mol. The van der Waals surface area contributed by atoms with Crippen molar-refractivity contribution in [2.24, 2.45) is 0 Å². The second-order valence-corrected chi connectivity index (χ2v) is 5.44. The molecule has 1 aliphatic carbocycles. The third kappa shape index (κ3) is 2.66. The fraction of sp³-hybridized carbons (Fsp3) is 0.818. The van der Waals surface area contributed by atoms with Crippen LogP contribution in [0.4, 0.5) is 0 Å². The van der Waals surface area contributed by atoms with Gasteiger partial charge in [0.2, 0.25) is 5.91 Å². The number of carbonyl (C=O) groups is 1. The molecule has 1 amide bonds. The Kier molecular flexibility index (Phi) is 3.53. The second-order valence-electron chi connectivity index (χ2n) is 4.21. The van der Waals surface area contributed by atoms with E-state index < -0.39 is 0 Å². The summed E-state index contributed by atoms with van der Waals surface area (Å²) >= 11 is 1.97. The molecule has 1 heterocycles. The highest BCUT2D eigenvalue weighted by Gasteiger charge is 2.37. The number of hydrogen-bond acceptors (Lipinski definition) is 3. The summed E-state index contributed by atoms with van der Waals surface area (Å²) in [6.07, 6.45) is 4.55. The van der Waals surface area contributed by atoms with Crippen molar-refractivity contribution in [2.75, 3.05) is 11.5 Å². The van der Waals surface area contributed by atoms with E-state index in [-0.39, 0.29) is 12.3 Å². The van der Waals surface area contributed by atoms with Crippen molar-refractivity contribution in [2.45, 2.75) is 44.2 Å². The van der Waals surface area contributed by atoms with Crippen molar-refractivity contribution >= 4 is 17.7 Å². The van der Waals surface area contributed by atoms with Crippen LogP contribution in [0.25, 0.3) is 0 Å². The monoisotopic (exact) mass is 224 g/mol. The van der Waals surface area contributed by atoms with E-state index in [0.29, 0.717) is 12.1 Å². The predicted molar refractivity (Wildman–Crippen MR) is 60.4 cm³/mol. The molecule has 0 aromatic rings. The molecule has 2 rings (SSSR count). The summed E-state index contributed by atoms with van der Waals surface area (Å²) in [4.78, 5) is 13.8. The minimum absolute atomic E-state index is 0.0527. The Hall–Kier alpha value is -0.690. The number of rotatable bonds is 3. The number of nitriles is 1. The Labute approximate surface area is 94.8 Å². The highest BCUT2D eigenvalue weighted by molar-refractivity contribution is 7.99. The first-order valence-corrected chi connectivity index (χ1v) is 6.74. The predicted octanol–water partition coefficient (Wildman–Crippen LogP) is 1.79. The Morgan fingerprint density at radius 1 is 1.27 bits per heavy atom. The SMILES string of the molecule is N#CCC(=O)N(C1CCSCC1)C1CC1. The smallest absolute Gasteiger partial charge is 0.237 e. The summed E-state index contributed by atoms with van der Waals surface area (Å²) < 4.78 is 0. The van der Waals surface area contributed by atoms with E-state index in [1.807, 2.05) is 22.7 Å². The van der Waals surface area contributed by atoms with E-state index in [4.69, 9.17) is 5.26 Å². The minimum atomic E-state index is 0.0527. The summed E-state index contributed by atoms with van der Waals surface area (Å²) in [6, 6.07) is 2.85. The molecule has 0 radical (unpaired) electrons. The molecule has 1 saturated carbocycles. The molecule has 82 valence electrons. The van der Waals surface area contributed by atoms with Crippen molar-refractivity contribution in [1.29, 1.82) is 5.26 Å². The van der Waals surface area contributed by atoms with Crippen LogP contribution >= 0.6 is 11.8 Å². The quantitative estimate of drug-likeness (QED) is 0.734. The third-order valence-electron chi connectivity index (χ3n) is 3.04. The van der Waals surface area contributed by atoms with E-state index in [0.717, 1.165) is 37.2 Å². The van der Waals surface area contributed by atoms with E-state index in [1.165, 1.54) is 0 Å². The van der Waals surface area contributed by atoms with Gasteiger partial charge >= 0.3 is 0 Å². The topological polar surface area (TPSA) is 44.1 Å². The Morgan fingerprint density at radius 3 is 2.40 bits per heavy atom. The van der Waals surface area contributed by atoms with Crippen molar-refractivity contribution in [3.05, 3.63) is 0 Å². The van der Waals surface area contributed by atoms with Gasteiger partial charge in [-0.05, 0) is 37.2 Å². The van der Waals surface area contributed by atoms with Gasteiger partial charge in [-0.15, -0.1) is 0 Å². The van der Waals surface area contributed by atoms with E-state index in [1.54, 1.807) is 0 Å². The van der Waals surface area contributed by atoms with Gasteiger partial charge in [-0.1, -0.05) is 0 Å². The van der Waals surface area contributed by atoms with Crippen molar-refractivity contribution in [1.82, 2.24) is 4.90 Å². The van der Waals surface area contributed by atoms with E-state index in [9.17, 15) is 4.79 Å². The zero-order valence-electron chi connectivity index (χ0n) is 8.82. The van der Waals surface area contributed by atoms with Gasteiger partial charge in [-0.2, -0.15) is 17.0 Å². The Bertz CT molecular complexity index is 277. The summed E-state index contributed by atoms with van der Waals surface area (Å²) in [6.45, 7) is 0. The zero-order chi connectivity index (χ0) is 10.7. The lowest BCUT2D eigenvalue weighted by Gasteiger charge is -2.34. The molecule has 0 spiro atoms. The molecular formula is C11H16N2OS. The van der Waals surface area contributed by atoms with Gasteiger partial charge < -0.3 is 4.90 Å². The van der Waals surface area contributed by atoms with Crippen molar-refractivity contribution < 1.29 is 4.79 Å². The van der Waals surface area contributed by atoms with Gasteiger partial charge in [0.15, 0.2) is 0 Å². The van der Waals surface area contributed by atoms with Crippen LogP contribution in [-0.4, -0.2) is 34.4 Å². The molecule has 0 N–H and O–H groups in total. The molecular weight excluding hydrogens is 208 g/mol. The molecule has 1 aliphatic heterocycles. The Morgan fingerprint density at radius 2 is 1.87 bits per heavy atom. The summed E-state index contributed by atoms with van der Waals surface area (Å²) in [5, 5.41) is 8.58. The first kappa shape index (κ1) is 10.8. The number of nitrogens with zero attached hydrogens (tertiary/aromatic N) is 2. The maximum absolute atomic E-state index is 11.8. The largest absolute Gasteiger partial charge is 0.336 e. The maximum atomic E-state index is 11.8. The number of hydrogen-bond donors (Lipinski definition) is 0. The highest BCUT2D eigenvalue weighted by atomic mass is 32.2. The molecule has 1 saturated heterocycles. The fourth-order valence-electron chi connectivity index (χ4n) is 2.18. The maximum Gasteiger partial charge on any atom is 0.237 e. The summed E-state index contributed by atoms with van der Waals surface area (Å²) in [5.74, 6) is 2.37. The number of carbonyl (C=O) groups excluding carboxylic acids is 1. The number of thioether (sulfide) groups is 1. The fourth-order valence-corrected chi connectivity index (χ4v) is 3.26. The number of amides is 1. The van der Waals surface area contributed by atoms with Crippen LogP contribution in [0.3, 0.4) is 0 Å². The summed E-state index contributed by atoms with van der Waals surface area (Å²) in [5.41, 5.74) is 0. The molecule has 4 heteroatoms. The molecule has 3 nitrogen and oxygen atoms in total. The molecule has 0 atom stereocenters. The third-order valence-corrected chi connectivity index (χ3v) is 4.09. The zero-order valence-corrected chi connectivity index (χ0v) is 9.63. The van der Waals surface area contributed by atoms with Crippen molar-refractivity contribution in [3.63, 3.8) is 0 Å². The lowest BCUT2D eigenvalue weighted by atomic mass is 10.1. The normalized spacial score (nSPS) is 22.1. The van der Waals surface area contributed by atoms with E-state index >= 15 is 0 Å². The van der Waals surface area contributed by atoms with Gasteiger partial charge in [0.05, 0.1) is 6.07 Å². The van der Waals surface area contributed by atoms with Crippen LogP contribution in [-0.2, 0) is 4.79 Å². The summed E-state index contributed by atoms with van der Waals surface area (Å²) in [7, 11) is 0. The first-order valence-electron chi connectivity index (χ1n) is 5.59. The minimum Gasteiger partial charge on any atom is -0.336 e. The average Bonchev–Trinajstić information content (AvgIpc) is 3.04. The van der Waals surface area contributed by atoms with Gasteiger partial charge in [-0.3, -0.25) is 4.79 Å². The van der Waals surface area contributed by atoms with Crippen LogP contribution in [0.15, 0.2) is 0 Å². The van der Waals surface area contributed by atoms with Gasteiger partial charge in [0.25, 0.3) is 0 Å². The van der Waals surface area contributed by atoms with E-state index in [2.05, 4.69) is 0 Å². The molecule has 2 fully saturated rings. The van der Waals surface area contributed by atoms with Gasteiger partial charge in [0, 0.05) is 12.1 Å². The molecule has 0 unspecified atom stereocenters. The molecule has 0 aromatic heterocycles. The standard InChI is InChI=1S/C11H16N2OS/c12-6-3-11(14)13(9-1-2-9)10-4-7-15-8-5-10/h9-10H,1-5,7-8H2. The molecule has 0 aromatic carbocycles. The van der Waals surface area contributed by atoms with Crippen molar-refractivity contribution in [3.8, 4) is 6.07 Å². The van der Waals surface area contributed by atoms with Crippen LogP contribution in [0.1, 0.15) is 32.1 Å². The molecule has 0 bridgehead atoms. The highest BCUT2D eigenvalue weighted by Crippen LogP contribution is 2.33. The molecule has 2 aliphatic rings. The van der Waals surface area contributed by atoms with Crippen LogP contribution in [0, 0.1) is 11.3 Å². The second kappa shape index (κ2) is 4.89. The van der Waals surface area contributed by atoms with Gasteiger partial charge in [-0.25, -0.2) is 0 Å². The van der Waals surface area contributed by atoms with Gasteiger partial charge in [0.1, 0.15) is 6.42 Å². The molecule has 15 heavy (non-hydrogen) atoms. The lowest BCUT2D eigenvalue weighted by Crippen LogP contribution is -2.43. The Balaban J connectivity index is 1.98. The first-order chi connectivity index (χ1) is 7.33. The van der Waals surface area contributed by atoms with Crippen LogP contribution in [0.5, 0.6) is 0 Å². The lowest BCUT2D eigenvalue weighted by molar-refractivity contribution is -0.133.